The van der Waals surface area contributed by atoms with Crippen molar-refractivity contribution in [3.63, 3.8) is 0 Å². The molecule has 0 amide bonds. The zero-order valence-electron chi connectivity index (χ0n) is 9.16. The topological polar surface area (TPSA) is 24.9 Å². The van der Waals surface area contributed by atoms with Gasteiger partial charge >= 0.3 is 0 Å². The molecule has 2 rings (SSSR count). The lowest BCUT2D eigenvalue weighted by molar-refractivity contribution is 0.587. The van der Waals surface area contributed by atoms with Crippen molar-refractivity contribution in [3.05, 3.63) is 26.3 Å². The Bertz CT molecular complexity index is 462. The second-order valence-corrected chi connectivity index (χ2v) is 6.56. The van der Waals surface area contributed by atoms with Crippen LogP contribution in [0.2, 0.25) is 0 Å². The summed E-state index contributed by atoms with van der Waals surface area (Å²) >= 11 is 6.89. The van der Waals surface area contributed by atoms with Crippen molar-refractivity contribution in [3.8, 4) is 10.6 Å². The Morgan fingerprint density at radius 1 is 1.38 bits per heavy atom. The van der Waals surface area contributed by atoms with E-state index in [2.05, 4.69) is 56.9 Å². The highest BCUT2D eigenvalue weighted by molar-refractivity contribution is 9.10. The summed E-state index contributed by atoms with van der Waals surface area (Å²) in [6, 6.07) is 2.61. The summed E-state index contributed by atoms with van der Waals surface area (Å²) in [7, 11) is 0. The van der Waals surface area contributed by atoms with Crippen LogP contribution in [-0.4, -0.2) is 11.0 Å². The average Bonchev–Trinajstić information content (AvgIpc) is 2.83. The van der Waals surface area contributed by atoms with Gasteiger partial charge in [-0.2, -0.15) is 0 Å². The lowest BCUT2D eigenvalue weighted by Crippen LogP contribution is -2.21. The highest BCUT2D eigenvalue weighted by Gasteiger charge is 2.06. The van der Waals surface area contributed by atoms with Gasteiger partial charge in [-0.3, -0.25) is 0 Å². The number of halogens is 1. The van der Waals surface area contributed by atoms with Crippen LogP contribution in [0.3, 0.4) is 0 Å². The normalized spacial score (nSPS) is 11.2. The van der Waals surface area contributed by atoms with Gasteiger partial charge in [-0.15, -0.1) is 22.7 Å². The molecule has 16 heavy (non-hydrogen) atoms. The molecule has 0 aliphatic heterocycles. The number of rotatable bonds is 4. The van der Waals surface area contributed by atoms with Crippen molar-refractivity contribution in [2.75, 3.05) is 0 Å². The van der Waals surface area contributed by atoms with Crippen molar-refractivity contribution in [2.24, 2.45) is 0 Å². The van der Waals surface area contributed by atoms with E-state index >= 15 is 0 Å². The van der Waals surface area contributed by atoms with Crippen molar-refractivity contribution in [1.29, 1.82) is 0 Å². The van der Waals surface area contributed by atoms with Gasteiger partial charge in [-0.1, -0.05) is 13.8 Å². The maximum absolute atomic E-state index is 4.61. The summed E-state index contributed by atoms with van der Waals surface area (Å²) in [6.07, 6.45) is 0. The summed E-state index contributed by atoms with van der Waals surface area (Å²) < 4.78 is 1.13. The first-order chi connectivity index (χ1) is 7.65. The molecule has 0 unspecified atom stereocenters. The molecule has 0 saturated carbocycles. The summed E-state index contributed by atoms with van der Waals surface area (Å²) in [5.74, 6) is 0. The SMILES string of the molecule is CC(C)NCc1nc(-c2cc(Br)cs2)cs1. The van der Waals surface area contributed by atoms with Crippen LogP contribution in [0, 0.1) is 0 Å². The summed E-state index contributed by atoms with van der Waals surface area (Å²) in [5.41, 5.74) is 1.08. The Hall–Kier alpha value is -0.230. The zero-order valence-corrected chi connectivity index (χ0v) is 12.4. The Labute approximate surface area is 112 Å². The van der Waals surface area contributed by atoms with Gasteiger partial charge in [-0.25, -0.2) is 4.98 Å². The molecule has 2 aromatic heterocycles. The number of nitrogens with one attached hydrogen (secondary N) is 1. The molecule has 0 spiro atoms. The summed E-state index contributed by atoms with van der Waals surface area (Å²) in [5, 5.41) is 8.73. The van der Waals surface area contributed by atoms with E-state index < -0.39 is 0 Å². The number of thiophene rings is 1. The molecule has 0 fully saturated rings. The van der Waals surface area contributed by atoms with E-state index in [1.54, 1.807) is 22.7 Å². The van der Waals surface area contributed by atoms with Gasteiger partial charge < -0.3 is 5.32 Å². The molecule has 0 saturated heterocycles. The van der Waals surface area contributed by atoms with E-state index in [4.69, 9.17) is 0 Å². The van der Waals surface area contributed by atoms with Gasteiger partial charge in [0.1, 0.15) is 5.01 Å². The number of hydrogen-bond donors (Lipinski definition) is 1. The minimum atomic E-state index is 0.503. The van der Waals surface area contributed by atoms with Crippen molar-refractivity contribution in [1.82, 2.24) is 10.3 Å². The molecule has 2 nitrogen and oxygen atoms in total. The van der Waals surface area contributed by atoms with Crippen LogP contribution < -0.4 is 5.32 Å². The molecule has 0 aliphatic rings. The molecule has 0 atom stereocenters. The third-order valence-corrected chi connectivity index (χ3v) is 4.60. The molecule has 0 radical (unpaired) electrons. The first kappa shape index (κ1) is 12.2. The molecule has 5 heteroatoms. The Morgan fingerprint density at radius 2 is 2.19 bits per heavy atom. The second-order valence-electron chi connectivity index (χ2n) is 3.79. The first-order valence-electron chi connectivity index (χ1n) is 5.07. The van der Waals surface area contributed by atoms with E-state index in [0.717, 1.165) is 21.7 Å². The number of aromatic nitrogens is 1. The smallest absolute Gasteiger partial charge is 0.107 e. The van der Waals surface area contributed by atoms with Gasteiger partial charge in [0.15, 0.2) is 0 Å². The van der Waals surface area contributed by atoms with Gasteiger partial charge in [0.05, 0.1) is 10.6 Å². The van der Waals surface area contributed by atoms with Crippen LogP contribution in [0.15, 0.2) is 21.3 Å². The second kappa shape index (κ2) is 5.40. The van der Waals surface area contributed by atoms with Crippen LogP contribution >= 0.6 is 38.6 Å². The molecule has 2 aromatic rings. The van der Waals surface area contributed by atoms with E-state index in [1.807, 2.05) is 0 Å². The maximum Gasteiger partial charge on any atom is 0.107 e. The van der Waals surface area contributed by atoms with Crippen LogP contribution in [0.1, 0.15) is 18.9 Å². The predicted octanol–water partition coefficient (Wildman–Crippen LogP) is 4.13. The largest absolute Gasteiger partial charge is 0.308 e. The molecular weight excluding hydrogens is 304 g/mol. The standard InChI is InChI=1S/C11H13BrN2S2/c1-7(2)13-4-11-14-9(6-16-11)10-3-8(12)5-15-10/h3,5-7,13H,4H2,1-2H3. The first-order valence-corrected chi connectivity index (χ1v) is 7.62. The van der Waals surface area contributed by atoms with Gasteiger partial charge in [0, 0.05) is 27.8 Å². The fourth-order valence-corrected chi connectivity index (χ4v) is 3.45. The lowest BCUT2D eigenvalue weighted by atomic mass is 10.4. The molecule has 1 N–H and O–H groups in total. The lowest BCUT2D eigenvalue weighted by Gasteiger charge is -2.04. The van der Waals surface area contributed by atoms with Gasteiger partial charge in [-0.05, 0) is 22.0 Å². The zero-order chi connectivity index (χ0) is 11.5. The molecule has 0 bridgehead atoms. The monoisotopic (exact) mass is 316 g/mol. The molecule has 2 heterocycles. The van der Waals surface area contributed by atoms with E-state index in [1.165, 1.54) is 4.88 Å². The highest BCUT2D eigenvalue weighted by atomic mass is 79.9. The van der Waals surface area contributed by atoms with Crippen LogP contribution in [0.5, 0.6) is 0 Å². The Kier molecular flexibility index (Phi) is 4.13. The molecule has 0 aromatic carbocycles. The summed E-state index contributed by atoms with van der Waals surface area (Å²) in [4.78, 5) is 5.83. The third kappa shape index (κ3) is 3.13. The fraction of sp³-hybridized carbons (Fsp3) is 0.364. The van der Waals surface area contributed by atoms with E-state index in [-0.39, 0.29) is 0 Å². The number of nitrogens with zero attached hydrogens (tertiary/aromatic N) is 1. The van der Waals surface area contributed by atoms with Crippen LogP contribution in [-0.2, 0) is 6.54 Å². The molecular formula is C11H13BrN2S2. The predicted molar refractivity (Wildman–Crippen MR) is 75.1 cm³/mol. The maximum atomic E-state index is 4.61. The minimum absolute atomic E-state index is 0.503. The fourth-order valence-electron chi connectivity index (χ4n) is 1.24. The summed E-state index contributed by atoms with van der Waals surface area (Å²) in [6.45, 7) is 5.14. The van der Waals surface area contributed by atoms with Crippen LogP contribution in [0.25, 0.3) is 10.6 Å². The van der Waals surface area contributed by atoms with Gasteiger partial charge in [0.25, 0.3) is 0 Å². The van der Waals surface area contributed by atoms with Crippen molar-refractivity contribution >= 4 is 38.6 Å². The van der Waals surface area contributed by atoms with E-state index in [0.29, 0.717) is 6.04 Å². The highest BCUT2D eigenvalue weighted by Crippen LogP contribution is 2.30. The van der Waals surface area contributed by atoms with Crippen molar-refractivity contribution in [2.45, 2.75) is 26.4 Å². The molecule has 0 aliphatic carbocycles. The number of thiazole rings is 1. The van der Waals surface area contributed by atoms with Crippen LogP contribution in [0.4, 0.5) is 0 Å². The Balaban J connectivity index is 2.07. The Morgan fingerprint density at radius 3 is 2.81 bits per heavy atom. The number of hydrogen-bond acceptors (Lipinski definition) is 4. The van der Waals surface area contributed by atoms with Gasteiger partial charge in [0.2, 0.25) is 0 Å². The van der Waals surface area contributed by atoms with Crippen molar-refractivity contribution < 1.29 is 0 Å². The third-order valence-electron chi connectivity index (χ3n) is 2.03. The van der Waals surface area contributed by atoms with E-state index in [9.17, 15) is 0 Å². The minimum Gasteiger partial charge on any atom is -0.308 e. The average molecular weight is 317 g/mol. The molecule has 86 valence electrons. The quantitative estimate of drug-likeness (QED) is 0.917.